The maximum atomic E-state index is 12.1. The van der Waals surface area contributed by atoms with Gasteiger partial charge in [-0.15, -0.1) is 0 Å². The fourth-order valence-electron chi connectivity index (χ4n) is 2.43. The van der Waals surface area contributed by atoms with Gasteiger partial charge in [0.05, 0.1) is 6.04 Å². The number of aromatic nitrogens is 3. The molecule has 2 heterocycles. The van der Waals surface area contributed by atoms with E-state index in [9.17, 15) is 4.79 Å². The number of aryl methyl sites for hydroxylation is 2. The van der Waals surface area contributed by atoms with Crippen molar-refractivity contribution in [2.75, 3.05) is 5.32 Å². The van der Waals surface area contributed by atoms with Crippen LogP contribution in [0.5, 0.6) is 0 Å². The summed E-state index contributed by atoms with van der Waals surface area (Å²) in [6.07, 6.45) is 0. The maximum absolute atomic E-state index is 12.1. The number of rotatable bonds is 4. The molecule has 3 aromatic rings. The molecule has 0 saturated heterocycles. The number of hydrogen-bond donors (Lipinski definition) is 2. The van der Waals surface area contributed by atoms with Crippen LogP contribution in [0.15, 0.2) is 47.0 Å². The number of benzene rings is 1. The summed E-state index contributed by atoms with van der Waals surface area (Å²) in [5, 5.41) is 9.43. The average Bonchev–Trinajstić information content (AvgIpc) is 3.04. The Morgan fingerprint density at radius 1 is 1.12 bits per heavy atom. The summed E-state index contributed by atoms with van der Waals surface area (Å²) < 4.78 is 5.26. The lowest BCUT2D eigenvalue weighted by Gasteiger charge is -2.11. The molecule has 0 aliphatic heterocycles. The zero-order valence-corrected chi connectivity index (χ0v) is 14.3. The highest BCUT2D eigenvalue weighted by molar-refractivity contribution is 5.88. The van der Waals surface area contributed by atoms with Gasteiger partial charge in [0, 0.05) is 11.3 Å². The SMILES string of the molecule is Cc1cc(C)nc(NC(=O)NC(C)c2noc(-c3ccccc3)n2)c1. The molecule has 7 heteroatoms. The Hall–Kier alpha value is -3.22. The van der Waals surface area contributed by atoms with Crippen LogP contribution in [0.25, 0.3) is 11.5 Å². The molecule has 1 aromatic carbocycles. The predicted octanol–water partition coefficient (Wildman–Crippen LogP) is 3.63. The average molecular weight is 337 g/mol. The molecule has 2 aromatic heterocycles. The van der Waals surface area contributed by atoms with Gasteiger partial charge in [0.1, 0.15) is 5.82 Å². The summed E-state index contributed by atoms with van der Waals surface area (Å²) in [4.78, 5) is 20.8. The predicted molar refractivity (Wildman–Crippen MR) is 94.0 cm³/mol. The zero-order chi connectivity index (χ0) is 17.8. The van der Waals surface area contributed by atoms with E-state index < -0.39 is 6.04 Å². The number of amides is 2. The lowest BCUT2D eigenvalue weighted by Crippen LogP contribution is -2.32. The molecular formula is C18H19N5O2. The van der Waals surface area contributed by atoms with Crippen LogP contribution in [0.4, 0.5) is 10.6 Å². The van der Waals surface area contributed by atoms with Gasteiger partial charge in [-0.2, -0.15) is 4.98 Å². The largest absolute Gasteiger partial charge is 0.334 e. The van der Waals surface area contributed by atoms with Crippen LogP contribution in [-0.4, -0.2) is 21.2 Å². The van der Waals surface area contributed by atoms with E-state index in [0.717, 1.165) is 16.8 Å². The van der Waals surface area contributed by atoms with E-state index in [1.54, 1.807) is 13.0 Å². The number of pyridine rings is 1. The molecule has 25 heavy (non-hydrogen) atoms. The Morgan fingerprint density at radius 3 is 2.60 bits per heavy atom. The van der Waals surface area contributed by atoms with Gasteiger partial charge < -0.3 is 9.84 Å². The third kappa shape index (κ3) is 4.20. The molecule has 0 aliphatic carbocycles. The molecule has 2 amide bonds. The van der Waals surface area contributed by atoms with Crippen LogP contribution >= 0.6 is 0 Å². The van der Waals surface area contributed by atoms with Crippen molar-refractivity contribution in [1.29, 1.82) is 0 Å². The van der Waals surface area contributed by atoms with E-state index in [1.165, 1.54) is 0 Å². The maximum Gasteiger partial charge on any atom is 0.320 e. The number of anilines is 1. The highest BCUT2D eigenvalue weighted by atomic mass is 16.5. The summed E-state index contributed by atoms with van der Waals surface area (Å²) >= 11 is 0. The summed E-state index contributed by atoms with van der Waals surface area (Å²) in [6.45, 7) is 5.61. The molecule has 1 unspecified atom stereocenters. The van der Waals surface area contributed by atoms with Gasteiger partial charge in [0.2, 0.25) is 0 Å². The van der Waals surface area contributed by atoms with Crippen LogP contribution in [0.2, 0.25) is 0 Å². The first-order chi connectivity index (χ1) is 12.0. The first-order valence-electron chi connectivity index (χ1n) is 7.93. The summed E-state index contributed by atoms with van der Waals surface area (Å²) in [6, 6.07) is 12.4. The van der Waals surface area contributed by atoms with E-state index in [4.69, 9.17) is 4.52 Å². The molecule has 0 saturated carbocycles. The second-order valence-electron chi connectivity index (χ2n) is 5.82. The molecule has 0 radical (unpaired) electrons. The third-order valence-electron chi connectivity index (χ3n) is 3.54. The quantitative estimate of drug-likeness (QED) is 0.758. The van der Waals surface area contributed by atoms with Crippen LogP contribution in [0, 0.1) is 13.8 Å². The highest BCUT2D eigenvalue weighted by Crippen LogP contribution is 2.18. The Morgan fingerprint density at radius 2 is 1.88 bits per heavy atom. The first-order valence-corrected chi connectivity index (χ1v) is 7.93. The molecule has 128 valence electrons. The van der Waals surface area contributed by atoms with Gasteiger partial charge in [-0.05, 0) is 50.6 Å². The highest BCUT2D eigenvalue weighted by Gasteiger charge is 2.17. The fraction of sp³-hybridized carbons (Fsp3) is 0.222. The minimum Gasteiger partial charge on any atom is -0.334 e. The number of nitrogens with one attached hydrogen (secondary N) is 2. The summed E-state index contributed by atoms with van der Waals surface area (Å²) in [5.41, 5.74) is 2.70. The van der Waals surface area contributed by atoms with Gasteiger partial charge in [-0.1, -0.05) is 23.4 Å². The molecule has 3 rings (SSSR count). The Kier molecular flexibility index (Phi) is 4.74. The minimum absolute atomic E-state index is 0.379. The molecule has 7 nitrogen and oxygen atoms in total. The molecule has 0 aliphatic rings. The lowest BCUT2D eigenvalue weighted by molar-refractivity contribution is 0.248. The van der Waals surface area contributed by atoms with E-state index in [1.807, 2.05) is 50.2 Å². The number of urea groups is 1. The summed E-state index contributed by atoms with van der Waals surface area (Å²) in [7, 11) is 0. The first kappa shape index (κ1) is 16.6. The van der Waals surface area contributed by atoms with Crippen molar-refractivity contribution in [2.45, 2.75) is 26.8 Å². The van der Waals surface area contributed by atoms with Crippen molar-refractivity contribution in [3.8, 4) is 11.5 Å². The molecule has 1 atom stereocenters. The van der Waals surface area contributed by atoms with Crippen molar-refractivity contribution in [1.82, 2.24) is 20.4 Å². The van der Waals surface area contributed by atoms with E-state index in [2.05, 4.69) is 25.8 Å². The van der Waals surface area contributed by atoms with E-state index >= 15 is 0 Å². The van der Waals surface area contributed by atoms with E-state index in [0.29, 0.717) is 17.5 Å². The molecule has 0 fully saturated rings. The van der Waals surface area contributed by atoms with Crippen LogP contribution < -0.4 is 10.6 Å². The van der Waals surface area contributed by atoms with Gasteiger partial charge in [-0.25, -0.2) is 9.78 Å². The minimum atomic E-state index is -0.410. The van der Waals surface area contributed by atoms with E-state index in [-0.39, 0.29) is 6.03 Å². The second kappa shape index (κ2) is 7.12. The van der Waals surface area contributed by atoms with Crippen molar-refractivity contribution in [3.05, 3.63) is 59.5 Å². The van der Waals surface area contributed by atoms with Crippen LogP contribution in [0.1, 0.15) is 30.0 Å². The van der Waals surface area contributed by atoms with Gasteiger partial charge in [0.15, 0.2) is 5.82 Å². The van der Waals surface area contributed by atoms with Crippen molar-refractivity contribution >= 4 is 11.8 Å². The Labute approximate surface area is 145 Å². The van der Waals surface area contributed by atoms with Crippen molar-refractivity contribution in [3.63, 3.8) is 0 Å². The zero-order valence-electron chi connectivity index (χ0n) is 14.3. The number of nitrogens with zero attached hydrogens (tertiary/aromatic N) is 3. The van der Waals surface area contributed by atoms with Gasteiger partial charge in [-0.3, -0.25) is 5.32 Å². The Bertz CT molecular complexity index is 856. The standard InChI is InChI=1S/C18H19N5O2/c1-11-9-12(2)19-15(10-11)21-18(24)20-13(3)16-22-17(25-23-16)14-7-5-4-6-8-14/h4-10,13H,1-3H3,(H2,19,20,21,24). The normalized spacial score (nSPS) is 11.8. The second-order valence-corrected chi connectivity index (χ2v) is 5.82. The summed E-state index contributed by atoms with van der Waals surface area (Å²) in [5.74, 6) is 1.32. The van der Waals surface area contributed by atoms with Gasteiger partial charge >= 0.3 is 6.03 Å². The van der Waals surface area contributed by atoms with Crippen molar-refractivity contribution < 1.29 is 9.32 Å². The monoisotopic (exact) mass is 337 g/mol. The lowest BCUT2D eigenvalue weighted by atomic mass is 10.2. The molecular weight excluding hydrogens is 318 g/mol. The fourth-order valence-corrected chi connectivity index (χ4v) is 2.43. The third-order valence-corrected chi connectivity index (χ3v) is 3.54. The van der Waals surface area contributed by atoms with Crippen molar-refractivity contribution in [2.24, 2.45) is 0 Å². The number of hydrogen-bond acceptors (Lipinski definition) is 5. The molecule has 0 bridgehead atoms. The smallest absolute Gasteiger partial charge is 0.320 e. The van der Waals surface area contributed by atoms with Gasteiger partial charge in [0.25, 0.3) is 5.89 Å². The molecule has 0 spiro atoms. The number of carbonyl (C=O) groups is 1. The van der Waals surface area contributed by atoms with Crippen LogP contribution in [-0.2, 0) is 0 Å². The van der Waals surface area contributed by atoms with Crippen LogP contribution in [0.3, 0.4) is 0 Å². The topological polar surface area (TPSA) is 92.9 Å². The number of carbonyl (C=O) groups excluding carboxylic acids is 1. The molecule has 2 N–H and O–H groups in total. The Balaban J connectivity index is 1.65.